The van der Waals surface area contributed by atoms with Gasteiger partial charge in [0.2, 0.25) is 0 Å². The number of methoxy groups -OCH3 is 1. The molecule has 4 unspecified atom stereocenters. The van der Waals surface area contributed by atoms with E-state index >= 15 is 0 Å². The quantitative estimate of drug-likeness (QED) is 0.159. The second-order valence-corrected chi connectivity index (χ2v) is 9.05. The van der Waals surface area contributed by atoms with Crippen molar-refractivity contribution in [1.82, 2.24) is 4.90 Å². The van der Waals surface area contributed by atoms with Gasteiger partial charge in [-0.3, -0.25) is 4.90 Å². The lowest BCUT2D eigenvalue weighted by atomic mass is 9.85. The average Bonchev–Trinajstić information content (AvgIpc) is 2.98. The predicted octanol–water partition coefficient (Wildman–Crippen LogP) is 8.31. The topological polar surface area (TPSA) is 36.3 Å². The largest absolute Gasteiger partial charge is 0.361 e. The van der Waals surface area contributed by atoms with Gasteiger partial charge in [-0.25, -0.2) is 0 Å². The molecule has 0 bridgehead atoms. The lowest BCUT2D eigenvalue weighted by Gasteiger charge is -2.41. The molecule has 0 aromatic carbocycles. The molecular weight excluding hydrogens is 451 g/mol. The summed E-state index contributed by atoms with van der Waals surface area (Å²) in [5.41, 5.74) is 1.50. The molecule has 0 aromatic heterocycles. The Hall–Kier alpha value is -1.31. The molecule has 0 heterocycles. The average molecular weight is 496 g/mol. The maximum absolute atomic E-state index is 8.87. The van der Waals surface area contributed by atoms with Crippen molar-refractivity contribution in [3.8, 4) is 11.8 Å². The fourth-order valence-electron chi connectivity index (χ4n) is 3.91. The van der Waals surface area contributed by atoms with E-state index < -0.39 is 12.1 Å². The second-order valence-electron chi connectivity index (χ2n) is 8.21. The summed E-state index contributed by atoms with van der Waals surface area (Å²) >= 11 is 12.3. The zero-order valence-electron chi connectivity index (χ0n) is 21.7. The van der Waals surface area contributed by atoms with Gasteiger partial charge in [0, 0.05) is 24.7 Å². The van der Waals surface area contributed by atoms with Gasteiger partial charge in [-0.1, -0.05) is 108 Å². The van der Waals surface area contributed by atoms with Crippen molar-refractivity contribution in [2.45, 2.75) is 85.9 Å². The van der Waals surface area contributed by atoms with Gasteiger partial charge < -0.3 is 10.1 Å². The molecule has 2 rings (SSSR count). The Labute approximate surface area is 213 Å². The van der Waals surface area contributed by atoms with Crippen molar-refractivity contribution in [1.29, 1.82) is 5.41 Å². The maximum Gasteiger partial charge on any atom is 0.150 e. The number of rotatable bonds is 8. The third kappa shape index (κ3) is 11.1. The van der Waals surface area contributed by atoms with Gasteiger partial charge in [-0.05, 0) is 43.4 Å². The van der Waals surface area contributed by atoms with E-state index in [1.165, 1.54) is 19.3 Å². The molecule has 186 valence electrons. The van der Waals surface area contributed by atoms with Gasteiger partial charge in [-0.2, -0.15) is 0 Å². The Bertz CT molecular complexity index is 758. The monoisotopic (exact) mass is 494 g/mol. The van der Waals surface area contributed by atoms with Crippen LogP contribution in [0.5, 0.6) is 0 Å². The summed E-state index contributed by atoms with van der Waals surface area (Å²) in [6.07, 6.45) is 12.7. The first-order chi connectivity index (χ1) is 15.8. The van der Waals surface area contributed by atoms with E-state index in [0.717, 1.165) is 18.4 Å². The molecule has 1 N–H and O–H groups in total. The van der Waals surface area contributed by atoms with E-state index in [4.69, 9.17) is 33.3 Å². The molecule has 0 amide bonds. The van der Waals surface area contributed by atoms with Crippen molar-refractivity contribution in [3.05, 3.63) is 46.5 Å². The van der Waals surface area contributed by atoms with Crippen LogP contribution >= 0.6 is 23.2 Å². The summed E-state index contributed by atoms with van der Waals surface area (Å²) in [5, 5.41) is 9.73. The highest BCUT2D eigenvalue weighted by atomic mass is 35.5. The van der Waals surface area contributed by atoms with Gasteiger partial charge in [0.1, 0.15) is 0 Å². The molecule has 2 aliphatic rings. The van der Waals surface area contributed by atoms with Crippen LogP contribution in [-0.2, 0) is 4.74 Å². The highest BCUT2D eigenvalue weighted by Crippen LogP contribution is 2.30. The number of hydrogen-bond donors (Lipinski definition) is 1. The van der Waals surface area contributed by atoms with E-state index in [2.05, 4.69) is 50.2 Å². The third-order valence-corrected chi connectivity index (χ3v) is 5.88. The molecule has 0 aliphatic heterocycles. The molecule has 0 spiro atoms. The zero-order chi connectivity index (χ0) is 25.4. The standard InChI is InChI=1S/C23H30Cl2N2O.C3H8.C2H6/c1-5-17(6-2)15-27(21-9-7-8-16(3)12-21)23(28-4)22(26)18-10-11-19(24)14-20(25)13-18;1-3-2;1-2/h5-6,13-14,16,18,21,23,26H,1,7-9,12,15H2,2-4H3;3H2,1-2H3;1-2H3/b17-6+,26-22?;;. The zero-order valence-corrected chi connectivity index (χ0v) is 23.2. The number of nitrogens with one attached hydrogen (secondary N) is 1. The van der Waals surface area contributed by atoms with Crippen LogP contribution < -0.4 is 0 Å². The Balaban J connectivity index is 0.00000189. The molecule has 5 heteroatoms. The maximum atomic E-state index is 8.87. The lowest BCUT2D eigenvalue weighted by molar-refractivity contribution is -0.0199. The van der Waals surface area contributed by atoms with E-state index in [-0.39, 0.29) is 0 Å². The molecule has 4 atom stereocenters. The van der Waals surface area contributed by atoms with Crippen LogP contribution in [0.2, 0.25) is 0 Å². The van der Waals surface area contributed by atoms with Crippen molar-refractivity contribution < 1.29 is 4.74 Å². The van der Waals surface area contributed by atoms with Crippen LogP contribution in [-0.4, -0.2) is 36.5 Å². The minimum absolute atomic E-state index is 0.351. The number of hydrogen-bond acceptors (Lipinski definition) is 3. The number of nitrogens with zero attached hydrogens (tertiary/aromatic N) is 1. The Morgan fingerprint density at radius 1 is 1.33 bits per heavy atom. The Morgan fingerprint density at radius 2 is 1.97 bits per heavy atom. The molecule has 33 heavy (non-hydrogen) atoms. The van der Waals surface area contributed by atoms with Gasteiger partial charge in [0.25, 0.3) is 0 Å². The molecule has 0 aromatic rings. The van der Waals surface area contributed by atoms with E-state index in [0.29, 0.717) is 34.3 Å². The summed E-state index contributed by atoms with van der Waals surface area (Å²) in [7, 11) is 1.66. The predicted molar refractivity (Wildman–Crippen MR) is 147 cm³/mol. The van der Waals surface area contributed by atoms with Gasteiger partial charge >= 0.3 is 0 Å². The summed E-state index contributed by atoms with van der Waals surface area (Å²) < 4.78 is 5.86. The van der Waals surface area contributed by atoms with Gasteiger partial charge in [0.05, 0.1) is 16.7 Å². The highest BCUT2D eigenvalue weighted by Gasteiger charge is 2.34. The van der Waals surface area contributed by atoms with E-state index in [1.807, 2.05) is 26.8 Å². The summed E-state index contributed by atoms with van der Waals surface area (Å²) in [5.74, 6) is 6.15. The molecule has 2 aliphatic carbocycles. The summed E-state index contributed by atoms with van der Waals surface area (Å²) in [6.45, 7) is 17.2. The molecule has 0 radical (unpaired) electrons. The molecule has 3 nitrogen and oxygen atoms in total. The van der Waals surface area contributed by atoms with Crippen LogP contribution in [0.25, 0.3) is 0 Å². The van der Waals surface area contributed by atoms with Crippen LogP contribution in [0.4, 0.5) is 0 Å². The van der Waals surface area contributed by atoms with Crippen LogP contribution in [0.15, 0.2) is 46.5 Å². The first-order valence-corrected chi connectivity index (χ1v) is 13.0. The van der Waals surface area contributed by atoms with Crippen molar-refractivity contribution in [2.75, 3.05) is 13.7 Å². The van der Waals surface area contributed by atoms with Crippen LogP contribution in [0, 0.1) is 29.1 Å². The van der Waals surface area contributed by atoms with Crippen LogP contribution in [0.1, 0.15) is 73.6 Å². The molecule has 1 fully saturated rings. The summed E-state index contributed by atoms with van der Waals surface area (Å²) in [6, 6.07) is 0.351. The molecule has 0 saturated heterocycles. The fourth-order valence-corrected chi connectivity index (χ4v) is 4.37. The Kier molecular flexibility index (Phi) is 17.4. The third-order valence-electron chi connectivity index (χ3n) is 5.44. The first-order valence-electron chi connectivity index (χ1n) is 12.2. The first kappa shape index (κ1) is 31.7. The van der Waals surface area contributed by atoms with E-state index in [9.17, 15) is 0 Å². The van der Waals surface area contributed by atoms with Gasteiger partial charge in [0.15, 0.2) is 6.23 Å². The highest BCUT2D eigenvalue weighted by molar-refractivity contribution is 6.36. The van der Waals surface area contributed by atoms with E-state index in [1.54, 1.807) is 19.3 Å². The van der Waals surface area contributed by atoms with Crippen molar-refractivity contribution >= 4 is 28.9 Å². The second kappa shape index (κ2) is 18.1. The van der Waals surface area contributed by atoms with Crippen molar-refractivity contribution in [3.63, 3.8) is 0 Å². The van der Waals surface area contributed by atoms with Crippen LogP contribution in [0.3, 0.4) is 0 Å². The Morgan fingerprint density at radius 3 is 2.48 bits per heavy atom. The fraction of sp³-hybridized carbons (Fsp3) is 0.607. The smallest absolute Gasteiger partial charge is 0.150 e. The normalized spacial score (nSPS) is 23.2. The number of ether oxygens (including phenoxy) is 1. The number of halogens is 2. The molecule has 1 saturated carbocycles. The minimum Gasteiger partial charge on any atom is -0.361 e. The number of allylic oxidation sites excluding steroid dienone is 5. The SMILES string of the molecule is C=C/C(=C\C)CN(C1CCCC(C)C1)C(OC)C(=N)C1C#CC(Cl)=CC(Cl)=C1.CC.CCC. The lowest BCUT2D eigenvalue weighted by Crippen LogP contribution is -2.51. The summed E-state index contributed by atoms with van der Waals surface area (Å²) in [4.78, 5) is 2.29. The van der Waals surface area contributed by atoms with Crippen molar-refractivity contribution in [2.24, 2.45) is 11.8 Å². The minimum atomic E-state index is -0.484. The van der Waals surface area contributed by atoms with Gasteiger partial charge in [-0.15, -0.1) is 0 Å². The molecular formula is C28H44Cl2N2O.